The van der Waals surface area contributed by atoms with Crippen LogP contribution in [0, 0.1) is 0 Å². The molecule has 2 atom stereocenters. The zero-order valence-electron chi connectivity index (χ0n) is 9.71. The van der Waals surface area contributed by atoms with Gasteiger partial charge in [-0.05, 0) is 11.1 Å². The van der Waals surface area contributed by atoms with Crippen LogP contribution in [-0.4, -0.2) is 7.11 Å². The lowest BCUT2D eigenvalue weighted by atomic mass is 10.0. The van der Waals surface area contributed by atoms with E-state index in [0.717, 1.165) is 0 Å². The highest BCUT2D eigenvalue weighted by Gasteiger charge is 2.21. The van der Waals surface area contributed by atoms with Gasteiger partial charge in [0.1, 0.15) is 0 Å². The molecule has 0 saturated heterocycles. The van der Waals surface area contributed by atoms with Crippen molar-refractivity contribution in [3.8, 4) is 0 Å². The van der Waals surface area contributed by atoms with E-state index in [1.165, 1.54) is 11.1 Å². The third-order valence-electron chi connectivity index (χ3n) is 2.77. The van der Waals surface area contributed by atoms with E-state index in [-0.39, 0.29) is 10.9 Å². The molecule has 2 rings (SSSR count). The van der Waals surface area contributed by atoms with E-state index in [2.05, 4.69) is 40.2 Å². The minimum absolute atomic E-state index is 0.0265. The molecule has 2 aromatic rings. The summed E-state index contributed by atoms with van der Waals surface area (Å²) in [5.41, 5.74) is 2.41. The van der Waals surface area contributed by atoms with Crippen molar-refractivity contribution in [1.82, 2.24) is 0 Å². The Bertz CT molecular complexity index is 441. The summed E-state index contributed by atoms with van der Waals surface area (Å²) in [7, 11) is 1.74. The van der Waals surface area contributed by atoms with Crippen molar-refractivity contribution in [3.05, 3.63) is 71.8 Å². The van der Waals surface area contributed by atoms with Crippen LogP contribution in [0.5, 0.6) is 0 Å². The molecule has 0 aliphatic heterocycles. The van der Waals surface area contributed by atoms with Crippen LogP contribution >= 0.6 is 15.9 Å². The normalized spacial score (nSPS) is 14.2. The number of halogens is 1. The minimum Gasteiger partial charge on any atom is -0.375 e. The van der Waals surface area contributed by atoms with E-state index < -0.39 is 0 Å². The van der Waals surface area contributed by atoms with Gasteiger partial charge in [0.15, 0.2) is 0 Å². The number of methoxy groups -OCH3 is 1. The monoisotopic (exact) mass is 290 g/mol. The van der Waals surface area contributed by atoms with E-state index in [0.29, 0.717) is 0 Å². The summed E-state index contributed by atoms with van der Waals surface area (Å²) in [6.45, 7) is 0. The molecule has 2 heteroatoms. The summed E-state index contributed by atoms with van der Waals surface area (Å²) < 4.78 is 5.61. The number of hydrogen-bond donors (Lipinski definition) is 0. The van der Waals surface area contributed by atoms with Gasteiger partial charge in [0.25, 0.3) is 0 Å². The van der Waals surface area contributed by atoms with E-state index in [1.54, 1.807) is 7.11 Å². The molecule has 0 heterocycles. The van der Waals surface area contributed by atoms with Crippen molar-refractivity contribution < 1.29 is 4.74 Å². The maximum atomic E-state index is 5.61. The maximum Gasteiger partial charge on any atom is 0.0986 e. The van der Waals surface area contributed by atoms with Crippen LogP contribution in [0.25, 0.3) is 0 Å². The van der Waals surface area contributed by atoms with Crippen molar-refractivity contribution in [3.63, 3.8) is 0 Å². The number of alkyl halides is 1. The molecule has 0 bridgehead atoms. The number of ether oxygens (including phenoxy) is 1. The molecule has 0 spiro atoms. The predicted molar refractivity (Wildman–Crippen MR) is 74.3 cm³/mol. The smallest absolute Gasteiger partial charge is 0.0986 e. The van der Waals surface area contributed by atoms with Crippen LogP contribution < -0.4 is 0 Å². The molecule has 2 aromatic carbocycles. The molecule has 0 aliphatic rings. The van der Waals surface area contributed by atoms with Gasteiger partial charge in [-0.15, -0.1) is 0 Å². The zero-order chi connectivity index (χ0) is 12.1. The molecule has 88 valence electrons. The van der Waals surface area contributed by atoms with E-state index in [4.69, 9.17) is 4.74 Å². The molecular weight excluding hydrogens is 276 g/mol. The fraction of sp³-hybridized carbons (Fsp3) is 0.200. The number of hydrogen-bond acceptors (Lipinski definition) is 1. The molecule has 0 saturated carbocycles. The van der Waals surface area contributed by atoms with Gasteiger partial charge < -0.3 is 4.74 Å². The molecule has 17 heavy (non-hydrogen) atoms. The second-order valence-corrected chi connectivity index (χ2v) is 4.87. The van der Waals surface area contributed by atoms with Crippen molar-refractivity contribution in [1.29, 1.82) is 0 Å². The highest BCUT2D eigenvalue weighted by atomic mass is 79.9. The van der Waals surface area contributed by atoms with Gasteiger partial charge in [-0.25, -0.2) is 0 Å². The Balaban J connectivity index is 2.25. The molecule has 0 fully saturated rings. The van der Waals surface area contributed by atoms with E-state index in [9.17, 15) is 0 Å². The Morgan fingerprint density at radius 3 is 1.76 bits per heavy atom. The van der Waals surface area contributed by atoms with Gasteiger partial charge in [0.05, 0.1) is 10.9 Å². The Labute approximate surface area is 111 Å². The average molecular weight is 291 g/mol. The SMILES string of the molecule is CO[C@@H](c1ccccc1)[C@H](Br)c1ccccc1. The Morgan fingerprint density at radius 1 is 0.824 bits per heavy atom. The third kappa shape index (κ3) is 2.96. The molecule has 0 amide bonds. The lowest BCUT2D eigenvalue weighted by Crippen LogP contribution is -2.08. The predicted octanol–water partition coefficient (Wildman–Crippen LogP) is 4.51. The highest BCUT2D eigenvalue weighted by Crippen LogP contribution is 2.38. The summed E-state index contributed by atoms with van der Waals surface area (Å²) in [5.74, 6) is 0. The molecule has 0 radical (unpaired) electrons. The second kappa shape index (κ2) is 5.99. The van der Waals surface area contributed by atoms with Crippen LogP contribution in [-0.2, 0) is 4.74 Å². The molecule has 0 aliphatic carbocycles. The first-order valence-electron chi connectivity index (χ1n) is 5.59. The van der Waals surface area contributed by atoms with Crippen LogP contribution in [0.1, 0.15) is 22.1 Å². The topological polar surface area (TPSA) is 9.23 Å². The van der Waals surface area contributed by atoms with Gasteiger partial charge in [-0.3, -0.25) is 0 Å². The summed E-state index contributed by atoms with van der Waals surface area (Å²) >= 11 is 3.72. The minimum atomic E-state index is 0.0265. The van der Waals surface area contributed by atoms with Crippen molar-refractivity contribution in [2.75, 3.05) is 7.11 Å². The lowest BCUT2D eigenvalue weighted by Gasteiger charge is -2.22. The van der Waals surface area contributed by atoms with Gasteiger partial charge in [0, 0.05) is 7.11 Å². The lowest BCUT2D eigenvalue weighted by molar-refractivity contribution is 0.103. The van der Waals surface area contributed by atoms with Crippen LogP contribution in [0.3, 0.4) is 0 Å². The molecular formula is C15H15BrO. The maximum absolute atomic E-state index is 5.61. The summed E-state index contributed by atoms with van der Waals surface area (Å²) in [4.78, 5) is 0.163. The number of rotatable bonds is 4. The second-order valence-electron chi connectivity index (χ2n) is 3.88. The number of benzene rings is 2. The third-order valence-corrected chi connectivity index (χ3v) is 3.77. The van der Waals surface area contributed by atoms with Crippen molar-refractivity contribution >= 4 is 15.9 Å². The van der Waals surface area contributed by atoms with Crippen molar-refractivity contribution in [2.24, 2.45) is 0 Å². The Morgan fingerprint density at radius 2 is 1.29 bits per heavy atom. The first-order chi connectivity index (χ1) is 8.33. The molecule has 0 N–H and O–H groups in total. The molecule has 1 nitrogen and oxygen atoms in total. The van der Waals surface area contributed by atoms with Gasteiger partial charge >= 0.3 is 0 Å². The van der Waals surface area contributed by atoms with Crippen LogP contribution in [0.4, 0.5) is 0 Å². The standard InChI is InChI=1S/C15H15BrO/c1-17-15(13-10-6-3-7-11-13)14(16)12-8-4-2-5-9-12/h2-11,14-15H,1H3/t14-,15+/m1/s1. The fourth-order valence-corrected chi connectivity index (χ4v) is 2.71. The zero-order valence-corrected chi connectivity index (χ0v) is 11.3. The molecule has 0 aromatic heterocycles. The summed E-state index contributed by atoms with van der Waals surface area (Å²) in [6.07, 6.45) is 0.0265. The quantitative estimate of drug-likeness (QED) is 0.753. The summed E-state index contributed by atoms with van der Waals surface area (Å²) in [6, 6.07) is 20.6. The average Bonchev–Trinajstić information content (AvgIpc) is 2.42. The first kappa shape index (κ1) is 12.3. The van der Waals surface area contributed by atoms with Crippen molar-refractivity contribution in [2.45, 2.75) is 10.9 Å². The Kier molecular flexibility index (Phi) is 4.35. The Hall–Kier alpha value is -1.12. The fourth-order valence-electron chi connectivity index (χ4n) is 1.88. The summed E-state index contributed by atoms with van der Waals surface area (Å²) in [5, 5.41) is 0. The van der Waals surface area contributed by atoms with Crippen LogP contribution in [0.2, 0.25) is 0 Å². The largest absolute Gasteiger partial charge is 0.375 e. The van der Waals surface area contributed by atoms with E-state index >= 15 is 0 Å². The first-order valence-corrected chi connectivity index (χ1v) is 6.51. The van der Waals surface area contributed by atoms with Gasteiger partial charge in [0.2, 0.25) is 0 Å². The van der Waals surface area contributed by atoms with Gasteiger partial charge in [-0.2, -0.15) is 0 Å². The van der Waals surface area contributed by atoms with Crippen LogP contribution in [0.15, 0.2) is 60.7 Å². The van der Waals surface area contributed by atoms with E-state index in [1.807, 2.05) is 36.4 Å². The molecule has 0 unspecified atom stereocenters. The highest BCUT2D eigenvalue weighted by molar-refractivity contribution is 9.09. The van der Waals surface area contributed by atoms with Gasteiger partial charge in [-0.1, -0.05) is 76.6 Å².